The van der Waals surface area contributed by atoms with Gasteiger partial charge < -0.3 is 0 Å². The van der Waals surface area contributed by atoms with Gasteiger partial charge in [0.1, 0.15) is 25.4 Å². The highest BCUT2D eigenvalue weighted by Gasteiger charge is 2.29. The Balaban J connectivity index is 1.36. The summed E-state index contributed by atoms with van der Waals surface area (Å²) in [5.41, 5.74) is 0. The maximum atomic E-state index is 11.7. The number of rotatable bonds is 13. The van der Waals surface area contributed by atoms with Crippen LogP contribution in [0.5, 0.6) is 0 Å². The molecule has 26 heavy (non-hydrogen) atoms. The van der Waals surface area contributed by atoms with E-state index < -0.39 is 16.5 Å². The van der Waals surface area contributed by atoms with E-state index in [-0.39, 0.29) is 12.2 Å². The quantitative estimate of drug-likeness (QED) is 0.253. The van der Waals surface area contributed by atoms with Crippen LogP contribution in [0.2, 0.25) is 0 Å². The van der Waals surface area contributed by atoms with Gasteiger partial charge in [-0.25, -0.2) is 0 Å². The Morgan fingerprint density at radius 1 is 0.577 bits per heavy atom. The monoisotopic (exact) mass is 408 g/mol. The molecule has 0 aromatic heterocycles. The van der Waals surface area contributed by atoms with E-state index in [1.54, 1.807) is 0 Å². The minimum absolute atomic E-state index is 0.113. The van der Waals surface area contributed by atoms with Gasteiger partial charge in [0.05, 0.1) is 0 Å². The lowest BCUT2D eigenvalue weighted by molar-refractivity contribution is 0.127. The Hall–Kier alpha value is 0.0400. The molecule has 2 aliphatic rings. The lowest BCUT2D eigenvalue weighted by Gasteiger charge is -2.15. The number of unbranched alkanes of at least 4 members (excludes halogenated alkanes) is 3. The molecule has 0 radical (unpaired) electrons. The zero-order chi connectivity index (χ0) is 18.5. The van der Waals surface area contributed by atoms with Crippen molar-refractivity contribution in [2.75, 3.05) is 13.2 Å². The first-order valence-corrected chi connectivity index (χ1v) is 12.5. The zero-order valence-corrected chi connectivity index (χ0v) is 17.6. The highest BCUT2D eigenvalue weighted by atomic mass is 31.1. The van der Waals surface area contributed by atoms with Crippen molar-refractivity contribution in [3.05, 3.63) is 0 Å². The fraction of sp³-hybridized carbons (Fsp3) is 1.00. The predicted molar refractivity (Wildman–Crippen MR) is 102 cm³/mol. The van der Waals surface area contributed by atoms with E-state index in [0.717, 1.165) is 77.0 Å². The third kappa shape index (κ3) is 10.4. The van der Waals surface area contributed by atoms with E-state index in [9.17, 15) is 9.13 Å². The molecular weight excluding hydrogens is 374 g/mol. The van der Waals surface area contributed by atoms with Crippen LogP contribution in [0.1, 0.15) is 89.9 Å². The number of hydrogen-bond donors (Lipinski definition) is 0. The standard InChI is InChI=1S/C18H34O6P2/c19-25(23-17-11-5-3-6-12-17)21-15-9-1-2-10-16-22-26(20)24-18-13-7-4-8-14-18/h17-18H,1-16H2/q+2. The third-order valence-corrected chi connectivity index (χ3v) is 6.73. The van der Waals surface area contributed by atoms with Crippen LogP contribution in [0.15, 0.2) is 0 Å². The Labute approximate surface area is 159 Å². The molecule has 0 heterocycles. The van der Waals surface area contributed by atoms with E-state index in [1.807, 2.05) is 0 Å². The van der Waals surface area contributed by atoms with E-state index in [4.69, 9.17) is 18.1 Å². The topological polar surface area (TPSA) is 71.1 Å². The summed E-state index contributed by atoms with van der Waals surface area (Å²) in [6.07, 6.45) is 15.0. The van der Waals surface area contributed by atoms with Crippen molar-refractivity contribution in [1.82, 2.24) is 0 Å². The molecule has 2 atom stereocenters. The van der Waals surface area contributed by atoms with Crippen LogP contribution in [-0.4, -0.2) is 25.4 Å². The van der Waals surface area contributed by atoms with Crippen molar-refractivity contribution >= 4 is 16.5 Å². The van der Waals surface area contributed by atoms with Crippen molar-refractivity contribution in [3.8, 4) is 0 Å². The van der Waals surface area contributed by atoms with E-state index >= 15 is 0 Å². The summed E-state index contributed by atoms with van der Waals surface area (Å²) in [4.78, 5) is 0. The highest BCUT2D eigenvalue weighted by Crippen LogP contribution is 2.33. The van der Waals surface area contributed by atoms with Crippen molar-refractivity contribution in [1.29, 1.82) is 0 Å². The van der Waals surface area contributed by atoms with Gasteiger partial charge in [-0.05, 0) is 38.5 Å². The second-order valence-corrected chi connectivity index (χ2v) is 9.09. The number of hydrogen-bond acceptors (Lipinski definition) is 6. The molecule has 150 valence electrons. The molecule has 0 aromatic carbocycles. The molecule has 0 amide bonds. The van der Waals surface area contributed by atoms with Crippen molar-refractivity contribution in [3.63, 3.8) is 0 Å². The van der Waals surface area contributed by atoms with Crippen molar-refractivity contribution in [2.45, 2.75) is 102 Å². The second-order valence-electron chi connectivity index (χ2n) is 7.26. The Bertz CT molecular complexity index is 370. The third-order valence-electron chi connectivity index (χ3n) is 5.01. The van der Waals surface area contributed by atoms with Crippen LogP contribution < -0.4 is 0 Å². The average molecular weight is 408 g/mol. The molecule has 2 rings (SSSR count). The summed E-state index contributed by atoms with van der Waals surface area (Å²) < 4.78 is 44.9. The molecule has 0 aliphatic heterocycles. The van der Waals surface area contributed by atoms with E-state index in [0.29, 0.717) is 13.2 Å². The molecular formula is C18H34O6P2+2. The summed E-state index contributed by atoms with van der Waals surface area (Å²) in [6, 6.07) is 0. The van der Waals surface area contributed by atoms with Gasteiger partial charge >= 0.3 is 16.5 Å². The summed E-state index contributed by atoms with van der Waals surface area (Å²) in [6.45, 7) is 0.920. The summed E-state index contributed by atoms with van der Waals surface area (Å²) >= 11 is 0. The molecule has 2 aliphatic carbocycles. The first kappa shape index (κ1) is 22.3. The zero-order valence-electron chi connectivity index (χ0n) is 15.8. The molecule has 2 unspecified atom stereocenters. The Morgan fingerprint density at radius 3 is 1.35 bits per heavy atom. The molecule has 0 saturated heterocycles. The molecule has 2 fully saturated rings. The van der Waals surface area contributed by atoms with Gasteiger partial charge in [0.25, 0.3) is 0 Å². The van der Waals surface area contributed by atoms with Crippen molar-refractivity contribution in [2.24, 2.45) is 0 Å². The summed E-state index contributed by atoms with van der Waals surface area (Å²) in [5.74, 6) is 0. The molecule has 0 aromatic rings. The maximum absolute atomic E-state index is 11.7. The lowest BCUT2D eigenvalue weighted by atomic mass is 9.98. The molecule has 6 nitrogen and oxygen atoms in total. The summed E-state index contributed by atoms with van der Waals surface area (Å²) in [7, 11) is -3.96. The van der Waals surface area contributed by atoms with Crippen LogP contribution in [0, 0.1) is 0 Å². The van der Waals surface area contributed by atoms with Gasteiger partial charge in [-0.15, -0.1) is 18.1 Å². The van der Waals surface area contributed by atoms with Crippen molar-refractivity contribution < 1.29 is 27.2 Å². The summed E-state index contributed by atoms with van der Waals surface area (Å²) in [5, 5.41) is 0. The second kappa shape index (κ2) is 14.1. The van der Waals surface area contributed by atoms with Gasteiger partial charge in [0.15, 0.2) is 0 Å². The molecule has 0 N–H and O–H groups in total. The van der Waals surface area contributed by atoms with Gasteiger partial charge in [0.2, 0.25) is 0 Å². The smallest absolute Gasteiger partial charge is 0.119 e. The fourth-order valence-corrected chi connectivity index (χ4v) is 5.07. The average Bonchev–Trinajstić information content (AvgIpc) is 2.65. The molecule has 0 bridgehead atoms. The minimum atomic E-state index is -1.98. The first-order chi connectivity index (χ1) is 12.7. The minimum Gasteiger partial charge on any atom is -0.119 e. The van der Waals surface area contributed by atoms with Crippen LogP contribution in [0.3, 0.4) is 0 Å². The van der Waals surface area contributed by atoms with E-state index in [1.165, 1.54) is 12.8 Å². The Morgan fingerprint density at radius 2 is 0.962 bits per heavy atom. The van der Waals surface area contributed by atoms with Crippen LogP contribution in [0.4, 0.5) is 0 Å². The van der Waals surface area contributed by atoms with Crippen LogP contribution >= 0.6 is 16.5 Å². The fourth-order valence-electron chi connectivity index (χ4n) is 3.48. The first-order valence-electron chi connectivity index (χ1n) is 10.3. The highest BCUT2D eigenvalue weighted by molar-refractivity contribution is 7.33. The largest absolute Gasteiger partial charge is 0.697 e. The van der Waals surface area contributed by atoms with E-state index in [2.05, 4.69) is 0 Å². The molecule has 8 heteroatoms. The Kier molecular flexibility index (Phi) is 12.1. The molecule has 2 saturated carbocycles. The predicted octanol–water partition coefficient (Wildman–Crippen LogP) is 6.59. The van der Waals surface area contributed by atoms with Gasteiger partial charge in [-0.3, -0.25) is 0 Å². The van der Waals surface area contributed by atoms with Gasteiger partial charge in [-0.1, -0.05) is 51.4 Å². The van der Waals surface area contributed by atoms with Gasteiger partial charge in [0, 0.05) is 9.13 Å². The SMILES string of the molecule is O=[P+](OCCCCCCO[P+](=O)OC1CCCCC1)OC1CCCCC1. The van der Waals surface area contributed by atoms with Gasteiger partial charge in [-0.2, -0.15) is 0 Å². The normalized spacial score (nSPS) is 20.9. The lowest BCUT2D eigenvalue weighted by Crippen LogP contribution is -2.13. The maximum Gasteiger partial charge on any atom is 0.697 e. The van der Waals surface area contributed by atoms with Crippen LogP contribution in [-0.2, 0) is 27.2 Å². The van der Waals surface area contributed by atoms with Crippen LogP contribution in [0.25, 0.3) is 0 Å². The molecule has 0 spiro atoms.